The van der Waals surface area contributed by atoms with Gasteiger partial charge in [0.05, 0.1) is 17.9 Å². The fourth-order valence-corrected chi connectivity index (χ4v) is 4.43. The maximum atomic E-state index is 14.2. The number of nitrogens with zero attached hydrogens (tertiary/aromatic N) is 4. The summed E-state index contributed by atoms with van der Waals surface area (Å²) in [7, 11) is 3.92. The molecule has 0 spiro atoms. The number of carbonyl (C=O) groups is 1. The van der Waals surface area contributed by atoms with Crippen molar-refractivity contribution in [3.8, 4) is 0 Å². The minimum absolute atomic E-state index is 0.131. The van der Waals surface area contributed by atoms with Crippen LogP contribution in [0.15, 0.2) is 42.5 Å². The average Bonchev–Trinajstić information content (AvgIpc) is 3.20. The number of rotatable bonds is 6. The number of thiazole rings is 1. The molecule has 1 aromatic heterocycles. The van der Waals surface area contributed by atoms with Gasteiger partial charge in [0.2, 0.25) is 0 Å². The molecule has 0 radical (unpaired) electrons. The van der Waals surface area contributed by atoms with Crippen LogP contribution in [0.5, 0.6) is 0 Å². The smallest absolute Gasteiger partial charge is 0.260 e. The third-order valence-electron chi connectivity index (χ3n) is 5.21. The first-order valence-electron chi connectivity index (χ1n) is 9.97. The van der Waals surface area contributed by atoms with Crippen molar-refractivity contribution in [1.29, 1.82) is 0 Å². The van der Waals surface area contributed by atoms with Gasteiger partial charge in [0, 0.05) is 51.5 Å². The summed E-state index contributed by atoms with van der Waals surface area (Å²) in [6.07, 6.45) is 0. The maximum absolute atomic E-state index is 14.2. The van der Waals surface area contributed by atoms with E-state index in [1.165, 1.54) is 17.4 Å². The van der Waals surface area contributed by atoms with Crippen LogP contribution in [0.3, 0.4) is 0 Å². The van der Waals surface area contributed by atoms with E-state index in [1.807, 2.05) is 49.3 Å². The van der Waals surface area contributed by atoms with E-state index in [0.29, 0.717) is 42.5 Å². The van der Waals surface area contributed by atoms with Crippen LogP contribution in [0.25, 0.3) is 10.2 Å². The van der Waals surface area contributed by atoms with Crippen LogP contribution < -0.4 is 9.80 Å². The molecule has 8 heteroatoms. The lowest BCUT2D eigenvalue weighted by molar-refractivity contribution is 0.0391. The van der Waals surface area contributed by atoms with Gasteiger partial charge in [0.15, 0.2) is 5.13 Å². The summed E-state index contributed by atoms with van der Waals surface area (Å²) in [6.45, 7) is 4.28. The molecule has 2 heterocycles. The molecule has 0 bridgehead atoms. The Hall–Kier alpha value is -2.55. The van der Waals surface area contributed by atoms with Crippen molar-refractivity contribution in [2.45, 2.75) is 0 Å². The SMILES string of the molecule is CN(C)c1ccc(C(=O)N(CCN2CCOCC2)c2nc3c(F)cccc3s2)cc1. The first-order valence-corrected chi connectivity index (χ1v) is 10.8. The largest absolute Gasteiger partial charge is 0.379 e. The zero-order valence-electron chi connectivity index (χ0n) is 17.2. The van der Waals surface area contributed by atoms with Gasteiger partial charge in [-0.05, 0) is 36.4 Å². The van der Waals surface area contributed by atoms with E-state index in [4.69, 9.17) is 4.74 Å². The second kappa shape index (κ2) is 9.07. The van der Waals surface area contributed by atoms with E-state index >= 15 is 0 Å². The summed E-state index contributed by atoms with van der Waals surface area (Å²) in [5.41, 5.74) is 1.92. The summed E-state index contributed by atoms with van der Waals surface area (Å²) < 4.78 is 20.3. The Morgan fingerprint density at radius 3 is 2.57 bits per heavy atom. The molecule has 1 fully saturated rings. The minimum atomic E-state index is -0.370. The summed E-state index contributed by atoms with van der Waals surface area (Å²) in [4.78, 5) is 23.8. The van der Waals surface area contributed by atoms with E-state index in [9.17, 15) is 9.18 Å². The van der Waals surface area contributed by atoms with Gasteiger partial charge in [-0.1, -0.05) is 17.4 Å². The number of hydrogen-bond donors (Lipinski definition) is 0. The van der Waals surface area contributed by atoms with Gasteiger partial charge in [0.1, 0.15) is 11.3 Å². The van der Waals surface area contributed by atoms with E-state index in [-0.39, 0.29) is 11.7 Å². The average molecular weight is 429 g/mol. The standard InChI is InChI=1S/C22H25FN4O2S/c1-25(2)17-8-6-16(7-9-17)21(28)27(11-10-26-12-14-29-15-13-26)22-24-20-18(23)4-3-5-19(20)30-22/h3-9H,10-15H2,1-2H3. The van der Waals surface area contributed by atoms with Crippen molar-refractivity contribution < 1.29 is 13.9 Å². The first kappa shape index (κ1) is 20.7. The Morgan fingerprint density at radius 2 is 1.90 bits per heavy atom. The Kier molecular flexibility index (Phi) is 6.26. The van der Waals surface area contributed by atoms with Crippen molar-refractivity contribution in [3.05, 3.63) is 53.8 Å². The highest BCUT2D eigenvalue weighted by molar-refractivity contribution is 7.22. The molecule has 30 heavy (non-hydrogen) atoms. The number of aromatic nitrogens is 1. The van der Waals surface area contributed by atoms with E-state index in [2.05, 4.69) is 9.88 Å². The molecule has 1 aliphatic heterocycles. The molecule has 0 atom stereocenters. The highest BCUT2D eigenvalue weighted by Crippen LogP contribution is 2.31. The highest BCUT2D eigenvalue weighted by atomic mass is 32.1. The Bertz CT molecular complexity index is 1020. The van der Waals surface area contributed by atoms with Crippen molar-refractivity contribution in [1.82, 2.24) is 9.88 Å². The van der Waals surface area contributed by atoms with Crippen molar-refractivity contribution in [2.24, 2.45) is 0 Å². The number of hydrogen-bond acceptors (Lipinski definition) is 6. The Balaban J connectivity index is 1.63. The number of ether oxygens (including phenoxy) is 1. The highest BCUT2D eigenvalue weighted by Gasteiger charge is 2.23. The molecule has 0 saturated carbocycles. The number of halogens is 1. The quantitative estimate of drug-likeness (QED) is 0.602. The molecular weight excluding hydrogens is 403 g/mol. The monoisotopic (exact) mass is 428 g/mol. The maximum Gasteiger partial charge on any atom is 0.260 e. The molecule has 2 aromatic carbocycles. The van der Waals surface area contributed by atoms with Crippen LogP contribution in [0, 0.1) is 5.82 Å². The minimum Gasteiger partial charge on any atom is -0.379 e. The molecule has 1 amide bonds. The lowest BCUT2D eigenvalue weighted by Gasteiger charge is -2.29. The van der Waals surface area contributed by atoms with Gasteiger partial charge in [-0.2, -0.15) is 0 Å². The van der Waals surface area contributed by atoms with Crippen LogP contribution >= 0.6 is 11.3 Å². The second-order valence-electron chi connectivity index (χ2n) is 7.44. The number of amides is 1. The fourth-order valence-electron chi connectivity index (χ4n) is 3.43. The summed E-state index contributed by atoms with van der Waals surface area (Å²) in [5.74, 6) is -0.501. The lowest BCUT2D eigenvalue weighted by atomic mass is 10.1. The van der Waals surface area contributed by atoms with Crippen molar-refractivity contribution in [3.63, 3.8) is 0 Å². The lowest BCUT2D eigenvalue weighted by Crippen LogP contribution is -2.43. The molecule has 1 aliphatic rings. The number of para-hydroxylation sites is 1. The third-order valence-corrected chi connectivity index (χ3v) is 6.25. The molecule has 3 aromatic rings. The second-order valence-corrected chi connectivity index (χ2v) is 8.44. The van der Waals surface area contributed by atoms with Crippen LogP contribution in [0.1, 0.15) is 10.4 Å². The van der Waals surface area contributed by atoms with Crippen LogP contribution in [-0.4, -0.2) is 69.3 Å². The van der Waals surface area contributed by atoms with Gasteiger partial charge in [-0.3, -0.25) is 14.6 Å². The van der Waals surface area contributed by atoms with Crippen LogP contribution in [0.4, 0.5) is 15.2 Å². The number of carbonyl (C=O) groups excluding carboxylic acids is 1. The fraction of sp³-hybridized carbons (Fsp3) is 0.364. The van der Waals surface area contributed by atoms with E-state index in [1.54, 1.807) is 11.0 Å². The Labute approximate surface area is 179 Å². The van der Waals surface area contributed by atoms with Crippen LogP contribution in [-0.2, 0) is 4.74 Å². The predicted octanol–water partition coefficient (Wildman–Crippen LogP) is 3.48. The zero-order chi connectivity index (χ0) is 21.1. The molecular formula is C22H25FN4O2S. The molecule has 0 N–H and O–H groups in total. The van der Waals surface area contributed by atoms with Gasteiger partial charge in [-0.15, -0.1) is 0 Å². The predicted molar refractivity (Wildman–Crippen MR) is 119 cm³/mol. The van der Waals surface area contributed by atoms with Crippen molar-refractivity contribution in [2.75, 3.05) is 63.3 Å². The molecule has 0 aliphatic carbocycles. The number of anilines is 2. The topological polar surface area (TPSA) is 48.9 Å². The summed E-state index contributed by atoms with van der Waals surface area (Å²) >= 11 is 1.34. The number of morpholine rings is 1. The molecule has 1 saturated heterocycles. The van der Waals surface area contributed by atoms with E-state index < -0.39 is 0 Å². The molecule has 6 nitrogen and oxygen atoms in total. The summed E-state index contributed by atoms with van der Waals surface area (Å²) in [6, 6.07) is 12.4. The van der Waals surface area contributed by atoms with Gasteiger partial charge < -0.3 is 9.64 Å². The number of benzene rings is 2. The van der Waals surface area contributed by atoms with Gasteiger partial charge in [0.25, 0.3) is 5.91 Å². The van der Waals surface area contributed by atoms with Crippen LogP contribution in [0.2, 0.25) is 0 Å². The third kappa shape index (κ3) is 4.45. The number of fused-ring (bicyclic) bond motifs is 1. The van der Waals surface area contributed by atoms with E-state index in [0.717, 1.165) is 23.5 Å². The molecule has 0 unspecified atom stereocenters. The normalized spacial score (nSPS) is 14.8. The zero-order valence-corrected chi connectivity index (χ0v) is 18.0. The first-order chi connectivity index (χ1) is 14.5. The van der Waals surface area contributed by atoms with Gasteiger partial charge >= 0.3 is 0 Å². The van der Waals surface area contributed by atoms with Gasteiger partial charge in [-0.25, -0.2) is 9.37 Å². The Morgan fingerprint density at radius 1 is 1.17 bits per heavy atom. The molecule has 4 rings (SSSR count). The molecule has 158 valence electrons. The summed E-state index contributed by atoms with van der Waals surface area (Å²) in [5, 5.41) is 0.519. The van der Waals surface area contributed by atoms with Crippen molar-refractivity contribution >= 4 is 38.3 Å².